The number of aryl methyl sites for hydroxylation is 1. The number of hydrogen-bond donors (Lipinski definition) is 1. The summed E-state index contributed by atoms with van der Waals surface area (Å²) in [5.41, 5.74) is 4.68. The first-order valence-electron chi connectivity index (χ1n) is 14.2. The van der Waals surface area contributed by atoms with Gasteiger partial charge in [-0.25, -0.2) is 0 Å². The molecule has 2 aromatic rings. The second-order valence-corrected chi connectivity index (χ2v) is 11.0. The minimum Gasteiger partial charge on any atom is -0.481 e. The average molecular weight is 504 g/mol. The van der Waals surface area contributed by atoms with Crippen LogP contribution in [-0.2, 0) is 16.0 Å². The zero-order valence-corrected chi connectivity index (χ0v) is 22.4. The van der Waals surface area contributed by atoms with Crippen LogP contribution in [0.5, 0.6) is 5.75 Å². The van der Waals surface area contributed by atoms with Crippen molar-refractivity contribution in [3.05, 3.63) is 64.7 Å². The first-order valence-corrected chi connectivity index (χ1v) is 14.2. The van der Waals surface area contributed by atoms with Crippen molar-refractivity contribution in [1.82, 2.24) is 15.1 Å². The van der Waals surface area contributed by atoms with E-state index in [-0.39, 0.29) is 23.8 Å². The maximum Gasteiger partial charge on any atom is 0.260 e. The van der Waals surface area contributed by atoms with Crippen molar-refractivity contribution in [2.45, 2.75) is 70.9 Å². The van der Waals surface area contributed by atoms with Gasteiger partial charge in [0, 0.05) is 25.6 Å². The Hall–Kier alpha value is -2.86. The van der Waals surface area contributed by atoms with E-state index >= 15 is 0 Å². The van der Waals surface area contributed by atoms with E-state index in [2.05, 4.69) is 58.4 Å². The molecule has 1 saturated carbocycles. The highest BCUT2D eigenvalue weighted by Crippen LogP contribution is 2.40. The fourth-order valence-corrected chi connectivity index (χ4v) is 6.26. The summed E-state index contributed by atoms with van der Waals surface area (Å²) >= 11 is 0. The predicted molar refractivity (Wildman–Crippen MR) is 146 cm³/mol. The van der Waals surface area contributed by atoms with Gasteiger partial charge in [0.2, 0.25) is 5.91 Å². The molecule has 2 amide bonds. The molecule has 2 atom stereocenters. The third-order valence-electron chi connectivity index (χ3n) is 8.30. The van der Waals surface area contributed by atoms with E-state index in [0.717, 1.165) is 69.4 Å². The molecule has 6 heteroatoms. The lowest BCUT2D eigenvalue weighted by Crippen LogP contribution is -2.43. The van der Waals surface area contributed by atoms with Gasteiger partial charge in [0.15, 0.2) is 6.10 Å². The van der Waals surface area contributed by atoms with Crippen LogP contribution in [-0.4, -0.2) is 60.4 Å². The van der Waals surface area contributed by atoms with Gasteiger partial charge in [0.05, 0.1) is 6.04 Å². The molecule has 0 radical (unpaired) electrons. The Balaban J connectivity index is 1.34. The van der Waals surface area contributed by atoms with Gasteiger partial charge >= 0.3 is 0 Å². The van der Waals surface area contributed by atoms with Crippen LogP contribution in [0, 0.1) is 12.8 Å². The van der Waals surface area contributed by atoms with Crippen molar-refractivity contribution in [1.29, 1.82) is 0 Å². The number of likely N-dealkylation sites (tertiary alicyclic amines) is 1. The number of hydrogen-bond acceptors (Lipinski definition) is 4. The molecule has 0 spiro atoms. The molecule has 2 aliphatic heterocycles. The van der Waals surface area contributed by atoms with Gasteiger partial charge in [-0.1, -0.05) is 48.7 Å². The second-order valence-electron chi connectivity index (χ2n) is 11.0. The van der Waals surface area contributed by atoms with Crippen LogP contribution in [0.3, 0.4) is 0 Å². The van der Waals surface area contributed by atoms with Crippen molar-refractivity contribution in [3.63, 3.8) is 0 Å². The summed E-state index contributed by atoms with van der Waals surface area (Å²) in [5, 5.41) is 3.03. The minimum absolute atomic E-state index is 0.0924. The summed E-state index contributed by atoms with van der Waals surface area (Å²) in [6.07, 6.45) is 7.03. The Labute approximate surface area is 221 Å². The smallest absolute Gasteiger partial charge is 0.260 e. The van der Waals surface area contributed by atoms with Crippen molar-refractivity contribution < 1.29 is 14.3 Å². The maximum absolute atomic E-state index is 13.7. The van der Waals surface area contributed by atoms with Crippen molar-refractivity contribution in [3.8, 4) is 5.75 Å². The van der Waals surface area contributed by atoms with Crippen LogP contribution < -0.4 is 10.1 Å². The number of carbonyl (C=O) groups is 2. The Morgan fingerprint density at radius 1 is 1.03 bits per heavy atom. The zero-order valence-electron chi connectivity index (χ0n) is 22.4. The topological polar surface area (TPSA) is 61.9 Å². The Bertz CT molecular complexity index is 1100. The van der Waals surface area contributed by atoms with E-state index in [9.17, 15) is 9.59 Å². The number of benzene rings is 2. The Morgan fingerprint density at radius 3 is 2.57 bits per heavy atom. The van der Waals surface area contributed by atoms with Crippen LogP contribution in [0.1, 0.15) is 73.7 Å². The van der Waals surface area contributed by atoms with Crippen LogP contribution in [0.4, 0.5) is 0 Å². The number of fused-ring (bicyclic) bond motifs is 1. The number of rotatable bonds is 8. The SMILES string of the molecule is Cc1cccc([C@H]2c3cc(O[C@H](C)C(=O)NCCN4CCCC4)ccc3CCN2C(=O)C2CCCC2)c1. The molecule has 2 aromatic carbocycles. The summed E-state index contributed by atoms with van der Waals surface area (Å²) < 4.78 is 6.14. The van der Waals surface area contributed by atoms with E-state index in [4.69, 9.17) is 4.74 Å². The lowest BCUT2D eigenvalue weighted by molar-refractivity contribution is -0.137. The maximum atomic E-state index is 13.7. The number of ether oxygens (including phenoxy) is 1. The van der Waals surface area contributed by atoms with E-state index in [1.54, 1.807) is 6.92 Å². The molecule has 5 rings (SSSR count). The molecule has 6 nitrogen and oxygen atoms in total. The standard InChI is InChI=1S/C31H41N3O3/c1-22-8-7-11-26(20-22)29-28-21-27(37-23(2)30(35)32-15-19-33-16-5-6-17-33)13-12-24(28)14-18-34(29)31(36)25-9-3-4-10-25/h7-8,11-13,20-21,23,25,29H,3-6,9-10,14-19H2,1-2H3,(H,32,35)/t23-,29+/m1/s1. The number of nitrogens with zero attached hydrogens (tertiary/aromatic N) is 2. The lowest BCUT2D eigenvalue weighted by Gasteiger charge is -2.39. The summed E-state index contributed by atoms with van der Waals surface area (Å²) in [5.74, 6) is 1.00. The molecule has 1 N–H and O–H groups in total. The third kappa shape index (κ3) is 6.01. The fraction of sp³-hybridized carbons (Fsp3) is 0.548. The Morgan fingerprint density at radius 2 is 1.81 bits per heavy atom. The van der Waals surface area contributed by atoms with Gasteiger partial charge in [-0.15, -0.1) is 0 Å². The molecule has 37 heavy (non-hydrogen) atoms. The first kappa shape index (κ1) is 25.8. The summed E-state index contributed by atoms with van der Waals surface area (Å²) in [7, 11) is 0. The van der Waals surface area contributed by atoms with E-state index in [0.29, 0.717) is 12.3 Å². The van der Waals surface area contributed by atoms with Crippen molar-refractivity contribution in [2.75, 3.05) is 32.7 Å². The van der Waals surface area contributed by atoms with Crippen LogP contribution in [0.25, 0.3) is 0 Å². The van der Waals surface area contributed by atoms with Gasteiger partial charge in [-0.05, 0) is 87.9 Å². The van der Waals surface area contributed by atoms with E-state index in [1.807, 2.05) is 6.07 Å². The molecular weight excluding hydrogens is 462 g/mol. The number of nitrogens with one attached hydrogen (secondary N) is 1. The molecule has 2 fully saturated rings. The van der Waals surface area contributed by atoms with Gasteiger partial charge in [-0.2, -0.15) is 0 Å². The molecule has 0 aromatic heterocycles. The summed E-state index contributed by atoms with van der Waals surface area (Å²) in [4.78, 5) is 30.9. The highest BCUT2D eigenvalue weighted by Gasteiger charge is 2.36. The third-order valence-corrected chi connectivity index (χ3v) is 8.30. The molecule has 0 unspecified atom stereocenters. The molecule has 3 aliphatic rings. The fourth-order valence-electron chi connectivity index (χ4n) is 6.26. The zero-order chi connectivity index (χ0) is 25.8. The molecule has 198 valence electrons. The molecule has 1 saturated heterocycles. The van der Waals surface area contributed by atoms with Crippen LogP contribution in [0.15, 0.2) is 42.5 Å². The lowest BCUT2D eigenvalue weighted by atomic mass is 9.86. The number of amides is 2. The van der Waals surface area contributed by atoms with Gasteiger partial charge < -0.3 is 19.9 Å². The van der Waals surface area contributed by atoms with Crippen LogP contribution in [0.2, 0.25) is 0 Å². The van der Waals surface area contributed by atoms with Gasteiger partial charge in [0.25, 0.3) is 5.91 Å². The molecule has 0 bridgehead atoms. The van der Waals surface area contributed by atoms with Crippen molar-refractivity contribution >= 4 is 11.8 Å². The normalized spacial score (nSPS) is 21.0. The van der Waals surface area contributed by atoms with Gasteiger partial charge in [-0.3, -0.25) is 9.59 Å². The monoisotopic (exact) mass is 503 g/mol. The first-order chi connectivity index (χ1) is 18.0. The molecule has 2 heterocycles. The molecular formula is C31H41N3O3. The molecule has 1 aliphatic carbocycles. The Kier molecular flexibility index (Phi) is 8.14. The summed E-state index contributed by atoms with van der Waals surface area (Å²) in [6, 6.07) is 14.5. The highest BCUT2D eigenvalue weighted by molar-refractivity contribution is 5.81. The minimum atomic E-state index is -0.589. The van der Waals surface area contributed by atoms with Crippen LogP contribution >= 0.6 is 0 Å². The van der Waals surface area contributed by atoms with Crippen molar-refractivity contribution in [2.24, 2.45) is 5.92 Å². The quantitative estimate of drug-likeness (QED) is 0.570. The van der Waals surface area contributed by atoms with E-state index < -0.39 is 6.10 Å². The second kappa shape index (κ2) is 11.7. The largest absolute Gasteiger partial charge is 0.481 e. The van der Waals surface area contributed by atoms with Gasteiger partial charge in [0.1, 0.15) is 5.75 Å². The summed E-state index contributed by atoms with van der Waals surface area (Å²) in [6.45, 7) is 8.42. The predicted octanol–water partition coefficient (Wildman–Crippen LogP) is 4.64. The average Bonchev–Trinajstić information content (AvgIpc) is 3.62. The van der Waals surface area contributed by atoms with E-state index in [1.165, 1.54) is 24.0 Å². The number of carbonyl (C=O) groups excluding carboxylic acids is 2. The highest BCUT2D eigenvalue weighted by atomic mass is 16.5.